The molecule has 0 radical (unpaired) electrons. The number of pyridine rings is 2. The molecule has 0 spiro atoms. The average Bonchev–Trinajstić information content (AvgIpc) is 3.62. The summed E-state index contributed by atoms with van der Waals surface area (Å²) < 4.78 is 3.55. The van der Waals surface area contributed by atoms with E-state index in [4.69, 9.17) is 9.97 Å². The van der Waals surface area contributed by atoms with Gasteiger partial charge in [-0.2, -0.15) is 0 Å². The highest BCUT2D eigenvalue weighted by molar-refractivity contribution is 7.23. The Kier molecular flexibility index (Phi) is 5.24. The summed E-state index contributed by atoms with van der Waals surface area (Å²) in [5.41, 5.74) is 6.22. The zero-order chi connectivity index (χ0) is 26.5. The maximum Gasteiger partial charge on any atom is 0.162 e. The van der Waals surface area contributed by atoms with Gasteiger partial charge in [0.05, 0.1) is 16.7 Å². The molecule has 0 saturated heterocycles. The molecular weight excluding hydrogens is 510 g/mol. The fraction of sp³-hybridized carbons (Fsp3) is 0. The van der Waals surface area contributed by atoms with Crippen LogP contribution >= 0.6 is 11.3 Å². The van der Waals surface area contributed by atoms with Crippen LogP contribution in [0.4, 0.5) is 0 Å². The Balaban J connectivity index is 1.43. The largest absolute Gasteiger partial charge is 0.294 e. The zero-order valence-corrected chi connectivity index (χ0v) is 22.1. The third-order valence-electron chi connectivity index (χ3n) is 7.23. The monoisotopic (exact) mass is 531 g/mol. The number of fused-ring (bicyclic) bond motifs is 5. The van der Waals surface area contributed by atoms with E-state index in [0.29, 0.717) is 5.82 Å². The Morgan fingerprint density at radius 2 is 1.30 bits per heavy atom. The second-order valence-electron chi connectivity index (χ2n) is 9.61. The van der Waals surface area contributed by atoms with Crippen LogP contribution in [0, 0.1) is 0 Å². The summed E-state index contributed by atoms with van der Waals surface area (Å²) in [5.74, 6) is 1.47. The number of rotatable bonds is 4. The first-order valence-electron chi connectivity index (χ1n) is 13.0. The normalized spacial score (nSPS) is 11.5. The SMILES string of the molecule is c1ccc(-c2cc3ccc4c(c5ccccc5n4-c4cc(-c5ccncc5)nc(-c5ccncc5)n4)c3s2)cc1. The number of hydrogen-bond acceptors (Lipinski definition) is 5. The number of aromatic nitrogens is 5. The maximum atomic E-state index is 5.12. The van der Waals surface area contributed by atoms with E-state index < -0.39 is 0 Å². The van der Waals surface area contributed by atoms with Crippen LogP contribution in [-0.2, 0) is 0 Å². The number of benzene rings is 3. The molecule has 0 saturated carbocycles. The molecule has 5 heterocycles. The molecule has 3 aromatic carbocycles. The van der Waals surface area contributed by atoms with Crippen molar-refractivity contribution in [2.45, 2.75) is 0 Å². The highest BCUT2D eigenvalue weighted by Crippen LogP contribution is 2.42. The van der Waals surface area contributed by atoms with Gasteiger partial charge in [0, 0.05) is 62.3 Å². The lowest BCUT2D eigenvalue weighted by Gasteiger charge is -2.12. The Bertz CT molecular complexity index is 2090. The van der Waals surface area contributed by atoms with E-state index in [9.17, 15) is 0 Å². The van der Waals surface area contributed by atoms with Crippen molar-refractivity contribution < 1.29 is 0 Å². The van der Waals surface area contributed by atoms with Gasteiger partial charge in [-0.25, -0.2) is 9.97 Å². The molecule has 0 aliphatic carbocycles. The van der Waals surface area contributed by atoms with E-state index in [1.165, 1.54) is 31.3 Å². The summed E-state index contributed by atoms with van der Waals surface area (Å²) >= 11 is 1.84. The first-order chi connectivity index (χ1) is 19.8. The molecule has 5 aromatic heterocycles. The molecule has 188 valence electrons. The van der Waals surface area contributed by atoms with E-state index in [0.717, 1.165) is 33.7 Å². The minimum Gasteiger partial charge on any atom is -0.294 e. The lowest BCUT2D eigenvalue weighted by atomic mass is 10.1. The second-order valence-corrected chi connectivity index (χ2v) is 10.7. The van der Waals surface area contributed by atoms with E-state index >= 15 is 0 Å². The number of thiophene rings is 1. The molecule has 40 heavy (non-hydrogen) atoms. The lowest BCUT2D eigenvalue weighted by Crippen LogP contribution is -2.02. The van der Waals surface area contributed by atoms with Crippen LogP contribution in [0.2, 0.25) is 0 Å². The smallest absolute Gasteiger partial charge is 0.162 e. The van der Waals surface area contributed by atoms with Crippen molar-refractivity contribution in [1.29, 1.82) is 0 Å². The molecule has 0 unspecified atom stereocenters. The summed E-state index contributed by atoms with van der Waals surface area (Å²) in [5, 5.41) is 3.70. The Morgan fingerprint density at radius 3 is 2.10 bits per heavy atom. The van der Waals surface area contributed by atoms with Crippen LogP contribution in [0.25, 0.3) is 70.8 Å². The Morgan fingerprint density at radius 1 is 0.575 bits per heavy atom. The molecule has 8 aromatic rings. The molecule has 5 nitrogen and oxygen atoms in total. The fourth-order valence-corrected chi connectivity index (χ4v) is 6.61. The zero-order valence-electron chi connectivity index (χ0n) is 21.3. The van der Waals surface area contributed by atoms with Gasteiger partial charge in [0.15, 0.2) is 5.82 Å². The van der Waals surface area contributed by atoms with Crippen molar-refractivity contribution in [2.75, 3.05) is 0 Å². The summed E-state index contributed by atoms with van der Waals surface area (Å²) in [6, 6.07) is 35.9. The molecule has 0 bridgehead atoms. The maximum absolute atomic E-state index is 5.12. The third kappa shape index (κ3) is 3.69. The Hall–Kier alpha value is -5.20. The minimum atomic E-state index is 0.654. The number of hydrogen-bond donors (Lipinski definition) is 0. The van der Waals surface area contributed by atoms with Gasteiger partial charge in [-0.3, -0.25) is 14.5 Å². The summed E-state index contributed by atoms with van der Waals surface area (Å²) in [4.78, 5) is 19.7. The van der Waals surface area contributed by atoms with Crippen LogP contribution in [0.3, 0.4) is 0 Å². The first-order valence-corrected chi connectivity index (χ1v) is 13.9. The molecule has 0 N–H and O–H groups in total. The minimum absolute atomic E-state index is 0.654. The van der Waals surface area contributed by atoms with Gasteiger partial charge < -0.3 is 0 Å². The van der Waals surface area contributed by atoms with E-state index in [2.05, 4.69) is 93.4 Å². The van der Waals surface area contributed by atoms with Crippen molar-refractivity contribution in [3.05, 3.63) is 128 Å². The van der Waals surface area contributed by atoms with Gasteiger partial charge in [-0.05, 0) is 53.4 Å². The molecule has 0 fully saturated rings. The predicted octanol–water partition coefficient (Wildman–Crippen LogP) is 8.58. The average molecular weight is 532 g/mol. The number of nitrogens with zero attached hydrogens (tertiary/aromatic N) is 5. The quantitative estimate of drug-likeness (QED) is 0.228. The van der Waals surface area contributed by atoms with Crippen LogP contribution in [0.5, 0.6) is 0 Å². The Labute approximate surface area is 234 Å². The molecule has 0 aliphatic rings. The standard InChI is InChI=1S/C34H21N5S/c1-2-6-23(7-3-1)30-20-25-10-11-29-32(33(25)40-30)26-8-4-5-9-28(26)39(29)31-21-27(22-12-16-35-17-13-22)37-34(38-31)24-14-18-36-19-15-24/h1-21H. The van der Waals surface area contributed by atoms with Crippen molar-refractivity contribution in [2.24, 2.45) is 0 Å². The van der Waals surface area contributed by atoms with Crippen molar-refractivity contribution in [3.8, 4) is 38.9 Å². The molecule has 6 heteroatoms. The van der Waals surface area contributed by atoms with E-state index in [1.54, 1.807) is 24.8 Å². The summed E-state index contributed by atoms with van der Waals surface area (Å²) in [6.45, 7) is 0. The molecular formula is C34H21N5S. The highest BCUT2D eigenvalue weighted by atomic mass is 32.1. The topological polar surface area (TPSA) is 56.5 Å². The molecule has 0 amide bonds. The van der Waals surface area contributed by atoms with Gasteiger partial charge in [0.1, 0.15) is 5.82 Å². The van der Waals surface area contributed by atoms with Crippen molar-refractivity contribution in [1.82, 2.24) is 24.5 Å². The van der Waals surface area contributed by atoms with Crippen LogP contribution in [0.15, 0.2) is 128 Å². The summed E-state index contributed by atoms with van der Waals surface area (Å²) in [6.07, 6.45) is 7.13. The van der Waals surface area contributed by atoms with Crippen LogP contribution < -0.4 is 0 Å². The lowest BCUT2D eigenvalue weighted by molar-refractivity contribution is 1.05. The van der Waals surface area contributed by atoms with Crippen molar-refractivity contribution in [3.63, 3.8) is 0 Å². The van der Waals surface area contributed by atoms with Crippen LogP contribution in [0.1, 0.15) is 0 Å². The second kappa shape index (κ2) is 9.22. The van der Waals surface area contributed by atoms with Gasteiger partial charge in [-0.1, -0.05) is 54.6 Å². The molecule has 0 atom stereocenters. The van der Waals surface area contributed by atoms with Crippen molar-refractivity contribution >= 4 is 43.2 Å². The molecule has 0 aliphatic heterocycles. The first kappa shape index (κ1) is 22.8. The van der Waals surface area contributed by atoms with Crippen LogP contribution in [-0.4, -0.2) is 24.5 Å². The third-order valence-corrected chi connectivity index (χ3v) is 8.45. The predicted molar refractivity (Wildman–Crippen MR) is 164 cm³/mol. The van der Waals surface area contributed by atoms with Gasteiger partial charge in [0.2, 0.25) is 0 Å². The van der Waals surface area contributed by atoms with E-state index in [1.807, 2.05) is 35.6 Å². The van der Waals surface area contributed by atoms with E-state index in [-0.39, 0.29) is 0 Å². The van der Waals surface area contributed by atoms with Gasteiger partial charge >= 0.3 is 0 Å². The fourth-order valence-electron chi connectivity index (χ4n) is 5.39. The molecule has 8 rings (SSSR count). The highest BCUT2D eigenvalue weighted by Gasteiger charge is 2.19. The van der Waals surface area contributed by atoms with Gasteiger partial charge in [-0.15, -0.1) is 11.3 Å². The van der Waals surface area contributed by atoms with Gasteiger partial charge in [0.25, 0.3) is 0 Å². The number of para-hydroxylation sites is 1. The summed E-state index contributed by atoms with van der Waals surface area (Å²) in [7, 11) is 0.